The third-order valence-electron chi connectivity index (χ3n) is 7.14. The van der Waals surface area contributed by atoms with E-state index in [1.807, 2.05) is 12.1 Å². The predicted octanol–water partition coefficient (Wildman–Crippen LogP) is 3.20. The van der Waals surface area contributed by atoms with E-state index in [2.05, 4.69) is 15.6 Å². The summed E-state index contributed by atoms with van der Waals surface area (Å²) in [5, 5.41) is 4.44. The van der Waals surface area contributed by atoms with E-state index in [0.717, 1.165) is 32.1 Å². The van der Waals surface area contributed by atoms with Gasteiger partial charge in [-0.15, -0.1) is 0 Å². The van der Waals surface area contributed by atoms with Crippen LogP contribution >= 0.6 is 0 Å². The maximum absolute atomic E-state index is 14.1. The van der Waals surface area contributed by atoms with Crippen LogP contribution in [0.15, 0.2) is 60.9 Å². The lowest BCUT2D eigenvalue weighted by atomic mass is 9.73. The minimum atomic E-state index is -1.66. The molecule has 0 bridgehead atoms. The van der Waals surface area contributed by atoms with Crippen molar-refractivity contribution in [3.8, 4) is 0 Å². The molecule has 41 heavy (non-hydrogen) atoms. The Labute approximate surface area is 235 Å². The number of hydrogen-bond donors (Lipinski definition) is 2. The summed E-state index contributed by atoms with van der Waals surface area (Å²) in [6, 6.07) is 11.3. The van der Waals surface area contributed by atoms with Gasteiger partial charge in [0.05, 0.1) is 11.4 Å². The van der Waals surface area contributed by atoms with Gasteiger partial charge >= 0.3 is 12.1 Å². The summed E-state index contributed by atoms with van der Waals surface area (Å²) in [6.45, 7) is 7.20. The van der Waals surface area contributed by atoms with E-state index in [4.69, 9.17) is 0 Å². The van der Waals surface area contributed by atoms with Gasteiger partial charge in [-0.1, -0.05) is 12.1 Å². The molecule has 11 heteroatoms. The molecule has 2 fully saturated rings. The summed E-state index contributed by atoms with van der Waals surface area (Å²) in [7, 11) is 0. The van der Waals surface area contributed by atoms with Crippen LogP contribution in [0.3, 0.4) is 0 Å². The SMILES string of the molecule is Cc1cc(C)cc(N2C(=O)NC(=O)C(C(c3ccncc3)C3C(=O)NC(=O)N(c4cc(C)cc(C)c4)C3=O)C2=O)c1. The highest BCUT2D eigenvalue weighted by atomic mass is 16.2. The highest BCUT2D eigenvalue weighted by molar-refractivity contribution is 6.31. The average molecular weight is 554 g/mol. The molecule has 2 aliphatic heterocycles. The number of barbiturate groups is 2. The number of pyridine rings is 1. The van der Waals surface area contributed by atoms with Gasteiger partial charge in [0, 0.05) is 18.3 Å². The number of aromatic nitrogens is 1. The first-order chi connectivity index (χ1) is 19.5. The molecule has 1 aromatic heterocycles. The fourth-order valence-corrected chi connectivity index (χ4v) is 5.63. The lowest BCUT2D eigenvalue weighted by Crippen LogP contribution is -2.64. The second-order valence-electron chi connectivity index (χ2n) is 10.4. The number of carbonyl (C=O) groups excluding carboxylic acids is 6. The van der Waals surface area contributed by atoms with Gasteiger partial charge in [-0.25, -0.2) is 19.4 Å². The van der Waals surface area contributed by atoms with Crippen LogP contribution in [-0.4, -0.2) is 40.7 Å². The number of nitrogens with zero attached hydrogens (tertiary/aromatic N) is 3. The zero-order chi connectivity index (χ0) is 29.6. The van der Waals surface area contributed by atoms with Crippen LogP contribution in [0.25, 0.3) is 0 Å². The van der Waals surface area contributed by atoms with E-state index in [1.54, 1.807) is 52.0 Å². The summed E-state index contributed by atoms with van der Waals surface area (Å²) in [4.78, 5) is 86.5. The van der Waals surface area contributed by atoms with Crippen molar-refractivity contribution in [3.05, 3.63) is 88.7 Å². The first-order valence-corrected chi connectivity index (χ1v) is 12.9. The Hall–Kier alpha value is -5.19. The number of amides is 8. The summed E-state index contributed by atoms with van der Waals surface area (Å²) in [6.07, 6.45) is 2.80. The molecule has 3 aromatic rings. The Kier molecular flexibility index (Phi) is 6.96. The van der Waals surface area contributed by atoms with Crippen molar-refractivity contribution in [1.29, 1.82) is 0 Å². The molecule has 2 aliphatic rings. The topological polar surface area (TPSA) is 146 Å². The van der Waals surface area contributed by atoms with Crippen molar-refractivity contribution in [3.63, 3.8) is 0 Å². The van der Waals surface area contributed by atoms with Crippen LogP contribution in [0.1, 0.15) is 33.7 Å². The monoisotopic (exact) mass is 553 g/mol. The molecule has 2 unspecified atom stereocenters. The normalized spacial score (nSPS) is 20.2. The molecule has 3 heterocycles. The van der Waals surface area contributed by atoms with Crippen LogP contribution in [-0.2, 0) is 19.2 Å². The Bertz CT molecular complexity index is 1490. The summed E-state index contributed by atoms with van der Waals surface area (Å²) < 4.78 is 0. The minimum absolute atomic E-state index is 0.238. The standard InChI is InChI=1S/C30H27N5O6/c1-15-9-16(2)12-20(11-15)34-27(38)23(25(36)32-29(34)40)22(19-5-7-31-8-6-19)24-26(37)33-30(41)35(28(24)39)21-13-17(3)10-18(4)14-21/h5-14,22-24H,1-4H3,(H,32,36,40)(H,33,37,41). The van der Waals surface area contributed by atoms with E-state index in [0.29, 0.717) is 0 Å². The van der Waals surface area contributed by atoms with Gasteiger partial charge in [0.25, 0.3) is 0 Å². The van der Waals surface area contributed by atoms with Gasteiger partial charge in [-0.3, -0.25) is 34.8 Å². The largest absolute Gasteiger partial charge is 0.335 e. The zero-order valence-corrected chi connectivity index (χ0v) is 22.8. The number of anilines is 2. The first kappa shape index (κ1) is 27.4. The number of carbonyl (C=O) groups is 6. The molecule has 0 spiro atoms. The van der Waals surface area contributed by atoms with Gasteiger partial charge in [-0.05, 0) is 91.9 Å². The fraction of sp³-hybridized carbons (Fsp3) is 0.233. The van der Waals surface area contributed by atoms with Gasteiger partial charge < -0.3 is 0 Å². The number of urea groups is 2. The average Bonchev–Trinajstić information content (AvgIpc) is 2.86. The Balaban J connectivity index is 1.64. The van der Waals surface area contributed by atoms with E-state index in [-0.39, 0.29) is 16.9 Å². The van der Waals surface area contributed by atoms with Crippen molar-refractivity contribution < 1.29 is 28.8 Å². The van der Waals surface area contributed by atoms with Gasteiger partial charge in [0.2, 0.25) is 23.6 Å². The van der Waals surface area contributed by atoms with Crippen LogP contribution in [0.5, 0.6) is 0 Å². The van der Waals surface area contributed by atoms with Crippen molar-refractivity contribution in [2.24, 2.45) is 11.8 Å². The van der Waals surface area contributed by atoms with Gasteiger partial charge in [0.1, 0.15) is 11.8 Å². The van der Waals surface area contributed by atoms with Gasteiger partial charge in [0.15, 0.2) is 0 Å². The van der Waals surface area contributed by atoms with Crippen molar-refractivity contribution in [1.82, 2.24) is 15.6 Å². The van der Waals surface area contributed by atoms with Crippen molar-refractivity contribution >= 4 is 47.1 Å². The number of aryl methyl sites for hydroxylation is 4. The van der Waals surface area contributed by atoms with E-state index in [9.17, 15) is 28.8 Å². The van der Waals surface area contributed by atoms with Crippen molar-refractivity contribution in [2.45, 2.75) is 33.6 Å². The fourth-order valence-electron chi connectivity index (χ4n) is 5.63. The predicted molar refractivity (Wildman–Crippen MR) is 148 cm³/mol. The molecule has 11 nitrogen and oxygen atoms in total. The van der Waals surface area contributed by atoms with Gasteiger partial charge in [-0.2, -0.15) is 0 Å². The third kappa shape index (κ3) is 4.97. The molecule has 2 aromatic carbocycles. The first-order valence-electron chi connectivity index (χ1n) is 12.9. The minimum Gasteiger partial charge on any atom is -0.277 e. The molecule has 2 saturated heterocycles. The highest BCUT2D eigenvalue weighted by Crippen LogP contribution is 2.40. The van der Waals surface area contributed by atoms with Crippen LogP contribution in [0.4, 0.5) is 21.0 Å². The number of nitrogens with one attached hydrogen (secondary N) is 2. The molecule has 0 saturated carbocycles. The van der Waals surface area contributed by atoms with E-state index in [1.165, 1.54) is 24.5 Å². The Morgan fingerprint density at radius 3 is 1.34 bits per heavy atom. The van der Waals surface area contributed by atoms with Crippen LogP contribution in [0, 0.1) is 39.5 Å². The number of rotatable bonds is 5. The second kappa shape index (κ2) is 10.4. The molecule has 2 atom stereocenters. The molecule has 2 N–H and O–H groups in total. The maximum atomic E-state index is 14.1. The Morgan fingerprint density at radius 1 is 0.610 bits per heavy atom. The second-order valence-corrected chi connectivity index (χ2v) is 10.4. The quantitative estimate of drug-likeness (QED) is 0.462. The maximum Gasteiger partial charge on any atom is 0.335 e. The smallest absolute Gasteiger partial charge is 0.277 e. The summed E-state index contributed by atoms with van der Waals surface area (Å²) in [5.41, 5.74) is 3.89. The highest BCUT2D eigenvalue weighted by Gasteiger charge is 2.55. The molecule has 0 radical (unpaired) electrons. The molecule has 5 rings (SSSR count). The molecule has 208 valence electrons. The van der Waals surface area contributed by atoms with Crippen LogP contribution in [0.2, 0.25) is 0 Å². The van der Waals surface area contributed by atoms with E-state index < -0.39 is 53.4 Å². The molecular weight excluding hydrogens is 526 g/mol. The zero-order valence-electron chi connectivity index (χ0n) is 22.8. The number of benzene rings is 2. The van der Waals surface area contributed by atoms with Crippen molar-refractivity contribution in [2.75, 3.05) is 9.80 Å². The summed E-state index contributed by atoms with van der Waals surface area (Å²) >= 11 is 0. The number of imide groups is 4. The lowest BCUT2D eigenvalue weighted by molar-refractivity contribution is -0.140. The summed E-state index contributed by atoms with van der Waals surface area (Å²) in [5.74, 6) is -8.42. The van der Waals surface area contributed by atoms with E-state index >= 15 is 0 Å². The molecule has 8 amide bonds. The van der Waals surface area contributed by atoms with Crippen LogP contribution < -0.4 is 20.4 Å². The third-order valence-corrected chi connectivity index (χ3v) is 7.14. The molecule has 0 aliphatic carbocycles. The Morgan fingerprint density at radius 2 is 0.976 bits per heavy atom. The number of hydrogen-bond acceptors (Lipinski definition) is 7. The lowest BCUT2D eigenvalue weighted by Gasteiger charge is -2.39. The molecular formula is C30H27N5O6.